The molecular weight excluding hydrogens is 340 g/mol. The molecule has 1 N–H and O–H groups in total. The van der Waals surface area contributed by atoms with Gasteiger partial charge in [0.25, 0.3) is 0 Å². The number of hydrogen-bond acceptors (Lipinski definition) is 4. The van der Waals surface area contributed by atoms with E-state index in [-0.39, 0.29) is 4.64 Å². The van der Waals surface area contributed by atoms with Gasteiger partial charge in [0.05, 0.1) is 7.11 Å². The molecule has 104 valence electrons. The van der Waals surface area contributed by atoms with Crippen molar-refractivity contribution in [3.63, 3.8) is 0 Å². The molecule has 2 rings (SSSR count). The molecule has 0 fully saturated rings. The lowest BCUT2D eigenvalue weighted by Crippen LogP contribution is -2.09. The first kappa shape index (κ1) is 14.9. The van der Waals surface area contributed by atoms with Crippen LogP contribution in [0.4, 0.5) is 0 Å². The third-order valence-corrected chi connectivity index (χ3v) is 3.86. The summed E-state index contributed by atoms with van der Waals surface area (Å²) >= 11 is 8.69. The third-order valence-electron chi connectivity index (χ3n) is 2.87. The molecule has 0 spiro atoms. The number of carbonyl (C=O) groups excluding carboxylic acids is 1. The van der Waals surface area contributed by atoms with E-state index in [4.69, 9.17) is 17.0 Å². The number of aromatic amines is 1. The van der Waals surface area contributed by atoms with E-state index in [0.29, 0.717) is 17.1 Å². The quantitative estimate of drug-likeness (QED) is 0.656. The van der Waals surface area contributed by atoms with E-state index >= 15 is 0 Å². The number of nitrogens with zero attached hydrogens (tertiary/aromatic N) is 1. The van der Waals surface area contributed by atoms with Gasteiger partial charge in [-0.1, -0.05) is 39.8 Å². The Morgan fingerprint density at radius 3 is 2.70 bits per heavy atom. The molecule has 0 bridgehead atoms. The summed E-state index contributed by atoms with van der Waals surface area (Å²) in [6, 6.07) is 5.94. The van der Waals surface area contributed by atoms with Crippen molar-refractivity contribution in [2.45, 2.75) is 13.8 Å². The van der Waals surface area contributed by atoms with Crippen LogP contribution in [0.3, 0.4) is 0 Å². The number of carbonyl (C=O) groups is 1. The normalized spacial score (nSPS) is 10.4. The fourth-order valence-corrected chi connectivity index (χ4v) is 2.64. The number of benzene rings is 1. The number of methoxy groups -OCH3 is 1. The molecule has 0 amide bonds. The average molecular weight is 353 g/mol. The molecule has 0 aliphatic carbocycles. The summed E-state index contributed by atoms with van der Waals surface area (Å²) in [5.41, 5.74) is 2.95. The highest BCUT2D eigenvalue weighted by molar-refractivity contribution is 9.10. The first-order chi connectivity index (χ1) is 9.43. The highest BCUT2D eigenvalue weighted by atomic mass is 79.9. The van der Waals surface area contributed by atoms with Gasteiger partial charge >= 0.3 is 5.97 Å². The van der Waals surface area contributed by atoms with E-state index in [1.165, 1.54) is 7.11 Å². The van der Waals surface area contributed by atoms with Gasteiger partial charge in [-0.15, -0.1) is 0 Å². The molecule has 20 heavy (non-hydrogen) atoms. The van der Waals surface area contributed by atoms with Crippen LogP contribution in [0.15, 0.2) is 22.7 Å². The van der Waals surface area contributed by atoms with Gasteiger partial charge < -0.3 is 9.72 Å². The first-order valence-corrected chi connectivity index (χ1v) is 7.10. The number of halogens is 1. The molecular formula is C14H13BrN2O2S. The van der Waals surface area contributed by atoms with Gasteiger partial charge in [-0.25, -0.2) is 9.78 Å². The second kappa shape index (κ2) is 5.85. The lowest BCUT2D eigenvalue weighted by molar-refractivity contribution is 0.0598. The fraction of sp³-hybridized carbons (Fsp3) is 0.214. The van der Waals surface area contributed by atoms with E-state index in [1.807, 2.05) is 25.1 Å². The summed E-state index contributed by atoms with van der Waals surface area (Å²) in [5, 5.41) is 0. The molecule has 0 saturated carbocycles. The summed E-state index contributed by atoms with van der Waals surface area (Å²) in [4.78, 5) is 19.1. The average Bonchev–Trinajstić information content (AvgIpc) is 2.40. The molecule has 0 radical (unpaired) electrons. The predicted octanol–water partition coefficient (Wildman–Crippen LogP) is 3.97. The van der Waals surface area contributed by atoms with Crippen LogP contribution in [-0.4, -0.2) is 23.0 Å². The number of rotatable bonds is 2. The molecule has 0 unspecified atom stereocenters. The monoisotopic (exact) mass is 352 g/mol. The molecule has 1 aromatic heterocycles. The van der Waals surface area contributed by atoms with Crippen molar-refractivity contribution in [3.8, 4) is 11.4 Å². The van der Waals surface area contributed by atoms with Crippen molar-refractivity contribution in [2.75, 3.05) is 7.11 Å². The van der Waals surface area contributed by atoms with Gasteiger partial charge in [0, 0.05) is 15.7 Å². The molecule has 0 atom stereocenters. The Hall–Kier alpha value is -1.53. The predicted molar refractivity (Wildman–Crippen MR) is 83.4 cm³/mol. The summed E-state index contributed by atoms with van der Waals surface area (Å²) < 4.78 is 5.85. The minimum Gasteiger partial charge on any atom is -0.465 e. The molecule has 0 aliphatic rings. The van der Waals surface area contributed by atoms with E-state index < -0.39 is 5.97 Å². The molecule has 0 saturated heterocycles. The number of ether oxygens (including phenoxy) is 1. The molecule has 1 heterocycles. The van der Waals surface area contributed by atoms with Crippen LogP contribution in [0, 0.1) is 18.5 Å². The zero-order chi connectivity index (χ0) is 14.9. The lowest BCUT2D eigenvalue weighted by Gasteiger charge is -2.09. The summed E-state index contributed by atoms with van der Waals surface area (Å²) in [6.45, 7) is 3.77. The zero-order valence-electron chi connectivity index (χ0n) is 11.3. The Morgan fingerprint density at radius 2 is 2.10 bits per heavy atom. The number of H-pyrrole nitrogens is 1. The van der Waals surface area contributed by atoms with Crippen molar-refractivity contribution in [1.29, 1.82) is 0 Å². The molecule has 0 aliphatic heterocycles. The summed E-state index contributed by atoms with van der Waals surface area (Å²) in [5.74, 6) is 0.141. The highest BCUT2D eigenvalue weighted by Gasteiger charge is 2.15. The van der Waals surface area contributed by atoms with E-state index in [9.17, 15) is 4.79 Å². The van der Waals surface area contributed by atoms with E-state index in [2.05, 4.69) is 25.9 Å². The molecule has 1 aromatic carbocycles. The van der Waals surface area contributed by atoms with Gasteiger partial charge in [-0.3, -0.25) is 0 Å². The Kier molecular flexibility index (Phi) is 4.35. The zero-order valence-corrected chi connectivity index (χ0v) is 13.7. The van der Waals surface area contributed by atoms with Gasteiger partial charge in [0.1, 0.15) is 16.0 Å². The highest BCUT2D eigenvalue weighted by Crippen LogP contribution is 2.27. The van der Waals surface area contributed by atoms with Gasteiger partial charge in [-0.05, 0) is 26.0 Å². The Labute approximate surface area is 130 Å². The second-order valence-corrected chi connectivity index (χ2v) is 5.61. The second-order valence-electron chi connectivity index (χ2n) is 4.37. The standard InChI is InChI=1S/C14H13BrN2O2S/c1-7-4-5-10(15)9(6-7)12-16-8(2)11(13(20)17-12)14(18)19-3/h4-6H,1-3H3,(H,16,17,20). The lowest BCUT2D eigenvalue weighted by atomic mass is 10.1. The van der Waals surface area contributed by atoms with Crippen molar-refractivity contribution in [1.82, 2.24) is 9.97 Å². The number of aryl methyl sites for hydroxylation is 2. The fourth-order valence-electron chi connectivity index (χ4n) is 1.88. The van der Waals surface area contributed by atoms with Gasteiger partial charge in [0.15, 0.2) is 0 Å². The van der Waals surface area contributed by atoms with Crippen molar-refractivity contribution in [2.24, 2.45) is 0 Å². The van der Waals surface area contributed by atoms with Crippen LogP contribution in [0.5, 0.6) is 0 Å². The third kappa shape index (κ3) is 2.81. The SMILES string of the molecule is COC(=O)c1c(C)[nH]c(-c2cc(C)ccc2Br)nc1=S. The van der Waals surface area contributed by atoms with Gasteiger partial charge in [0.2, 0.25) is 0 Å². The minimum atomic E-state index is -0.480. The van der Waals surface area contributed by atoms with E-state index in [0.717, 1.165) is 15.6 Å². The van der Waals surface area contributed by atoms with Crippen molar-refractivity contribution < 1.29 is 9.53 Å². The summed E-state index contributed by atoms with van der Waals surface area (Å²) in [6.07, 6.45) is 0. The minimum absolute atomic E-state index is 0.233. The topological polar surface area (TPSA) is 55.0 Å². The molecule has 4 nitrogen and oxygen atoms in total. The van der Waals surface area contributed by atoms with Crippen LogP contribution in [0.25, 0.3) is 11.4 Å². The van der Waals surface area contributed by atoms with Crippen LogP contribution >= 0.6 is 28.1 Å². The maximum atomic E-state index is 11.7. The number of aromatic nitrogens is 2. The number of hydrogen-bond donors (Lipinski definition) is 1. The number of nitrogens with one attached hydrogen (secondary N) is 1. The maximum absolute atomic E-state index is 11.7. The van der Waals surface area contributed by atoms with Crippen LogP contribution in [0.2, 0.25) is 0 Å². The summed E-state index contributed by atoms with van der Waals surface area (Å²) in [7, 11) is 1.32. The largest absolute Gasteiger partial charge is 0.465 e. The number of esters is 1. The first-order valence-electron chi connectivity index (χ1n) is 5.89. The Balaban J connectivity index is 2.64. The van der Waals surface area contributed by atoms with E-state index in [1.54, 1.807) is 6.92 Å². The van der Waals surface area contributed by atoms with Crippen LogP contribution in [-0.2, 0) is 4.74 Å². The maximum Gasteiger partial charge on any atom is 0.342 e. The Morgan fingerprint density at radius 1 is 1.40 bits per heavy atom. The van der Waals surface area contributed by atoms with Crippen LogP contribution in [0.1, 0.15) is 21.6 Å². The Bertz CT molecular complexity index is 740. The van der Waals surface area contributed by atoms with Crippen LogP contribution < -0.4 is 0 Å². The van der Waals surface area contributed by atoms with Crippen molar-refractivity contribution in [3.05, 3.63) is 44.1 Å². The smallest absolute Gasteiger partial charge is 0.342 e. The van der Waals surface area contributed by atoms with Gasteiger partial charge in [-0.2, -0.15) is 0 Å². The molecule has 2 aromatic rings. The molecule has 6 heteroatoms. The van der Waals surface area contributed by atoms with Crippen molar-refractivity contribution >= 4 is 34.1 Å².